The van der Waals surface area contributed by atoms with E-state index in [-0.39, 0.29) is 6.03 Å². The third-order valence-corrected chi connectivity index (χ3v) is 5.21. The maximum absolute atomic E-state index is 12.6. The van der Waals surface area contributed by atoms with Crippen LogP contribution in [-0.2, 0) is 4.74 Å². The molecule has 1 aromatic rings. The molecule has 3 aliphatic heterocycles. The van der Waals surface area contributed by atoms with Gasteiger partial charge in [-0.05, 0) is 6.92 Å². The van der Waals surface area contributed by atoms with Crippen molar-refractivity contribution >= 4 is 11.8 Å². The van der Waals surface area contributed by atoms with Gasteiger partial charge in [-0.25, -0.2) is 14.8 Å². The first-order valence-corrected chi connectivity index (χ1v) is 8.35. The lowest BCUT2D eigenvalue weighted by Gasteiger charge is -2.31. The third kappa shape index (κ3) is 2.73. The standard InChI is InChI=1S/C16H23N5O2/c1-12-6-17-11-18-15(12)20-7-13-9-21(10-14(13)8-20)16(22)19-2-4-23-5-3-19/h6,11,13-14H,2-5,7-10H2,1H3. The molecule has 3 aliphatic rings. The van der Waals surface area contributed by atoms with Crippen molar-refractivity contribution in [1.29, 1.82) is 0 Å². The Morgan fingerprint density at radius 3 is 2.48 bits per heavy atom. The molecular formula is C16H23N5O2. The zero-order valence-electron chi connectivity index (χ0n) is 13.5. The number of fused-ring (bicyclic) bond motifs is 1. The van der Waals surface area contributed by atoms with Crippen LogP contribution in [0, 0.1) is 18.8 Å². The molecule has 4 rings (SSSR count). The third-order valence-electron chi connectivity index (χ3n) is 5.21. The van der Waals surface area contributed by atoms with E-state index in [1.807, 2.05) is 16.0 Å². The molecule has 2 amide bonds. The quantitative estimate of drug-likeness (QED) is 0.759. The molecule has 0 bridgehead atoms. The minimum atomic E-state index is 0.187. The molecule has 0 saturated carbocycles. The fraction of sp³-hybridized carbons (Fsp3) is 0.688. The second-order valence-electron chi connectivity index (χ2n) is 6.74. The average Bonchev–Trinajstić information content (AvgIpc) is 3.14. The number of hydrogen-bond donors (Lipinski definition) is 0. The van der Waals surface area contributed by atoms with E-state index >= 15 is 0 Å². The number of morpholine rings is 1. The fourth-order valence-electron chi connectivity index (χ4n) is 4.00. The summed E-state index contributed by atoms with van der Waals surface area (Å²) in [5, 5.41) is 0. The molecule has 2 unspecified atom stereocenters. The van der Waals surface area contributed by atoms with Crippen molar-refractivity contribution in [3.05, 3.63) is 18.1 Å². The number of aryl methyl sites for hydroxylation is 1. The van der Waals surface area contributed by atoms with Crippen molar-refractivity contribution in [2.45, 2.75) is 6.92 Å². The normalized spacial score (nSPS) is 27.4. The van der Waals surface area contributed by atoms with E-state index in [1.165, 1.54) is 0 Å². The van der Waals surface area contributed by atoms with Crippen molar-refractivity contribution in [1.82, 2.24) is 19.8 Å². The number of hydrogen-bond acceptors (Lipinski definition) is 5. The Balaban J connectivity index is 1.38. The molecule has 0 spiro atoms. The van der Waals surface area contributed by atoms with E-state index in [2.05, 4.69) is 21.8 Å². The summed E-state index contributed by atoms with van der Waals surface area (Å²) >= 11 is 0. The molecule has 3 saturated heterocycles. The Bertz CT molecular complexity index is 576. The van der Waals surface area contributed by atoms with E-state index in [9.17, 15) is 4.79 Å². The molecule has 23 heavy (non-hydrogen) atoms. The molecule has 124 valence electrons. The number of nitrogens with zero attached hydrogens (tertiary/aromatic N) is 5. The van der Waals surface area contributed by atoms with Gasteiger partial charge in [-0.15, -0.1) is 0 Å². The van der Waals surface area contributed by atoms with Crippen LogP contribution in [-0.4, -0.2) is 78.3 Å². The molecule has 7 nitrogen and oxygen atoms in total. The Kier molecular flexibility index (Phi) is 3.80. The highest BCUT2D eigenvalue weighted by atomic mass is 16.5. The molecular weight excluding hydrogens is 294 g/mol. The van der Waals surface area contributed by atoms with E-state index in [0.29, 0.717) is 25.0 Å². The number of aromatic nitrogens is 2. The van der Waals surface area contributed by atoms with E-state index in [0.717, 1.165) is 50.6 Å². The number of anilines is 1. The van der Waals surface area contributed by atoms with Crippen molar-refractivity contribution in [2.24, 2.45) is 11.8 Å². The van der Waals surface area contributed by atoms with Gasteiger partial charge in [-0.3, -0.25) is 0 Å². The first kappa shape index (κ1) is 14.7. The lowest BCUT2D eigenvalue weighted by Crippen LogP contribution is -2.48. The smallest absolute Gasteiger partial charge is 0.320 e. The Hall–Kier alpha value is -1.89. The number of ether oxygens (including phenoxy) is 1. The summed E-state index contributed by atoms with van der Waals surface area (Å²) in [6.45, 7) is 8.50. The van der Waals surface area contributed by atoms with Gasteiger partial charge in [-0.2, -0.15) is 0 Å². The second-order valence-corrected chi connectivity index (χ2v) is 6.74. The van der Waals surface area contributed by atoms with Crippen LogP contribution in [0.2, 0.25) is 0 Å². The van der Waals surface area contributed by atoms with Crippen molar-refractivity contribution in [3.8, 4) is 0 Å². The van der Waals surface area contributed by atoms with Crippen LogP contribution in [0.1, 0.15) is 5.56 Å². The SMILES string of the molecule is Cc1cncnc1N1CC2CN(C(=O)N3CCOCC3)CC2C1. The topological polar surface area (TPSA) is 61.8 Å². The number of amides is 2. The predicted octanol–water partition coefficient (Wildman–Crippen LogP) is 0.605. The van der Waals surface area contributed by atoms with E-state index < -0.39 is 0 Å². The summed E-state index contributed by atoms with van der Waals surface area (Å²) < 4.78 is 5.33. The molecule has 0 radical (unpaired) electrons. The van der Waals surface area contributed by atoms with Gasteiger partial charge >= 0.3 is 6.03 Å². The number of carbonyl (C=O) groups excluding carboxylic acids is 1. The highest BCUT2D eigenvalue weighted by molar-refractivity contribution is 5.75. The molecule has 4 heterocycles. The van der Waals surface area contributed by atoms with Crippen LogP contribution in [0.15, 0.2) is 12.5 Å². The van der Waals surface area contributed by atoms with Gasteiger partial charge in [0.15, 0.2) is 0 Å². The summed E-state index contributed by atoms with van der Waals surface area (Å²) in [7, 11) is 0. The summed E-state index contributed by atoms with van der Waals surface area (Å²) in [6, 6.07) is 0.187. The molecule has 7 heteroatoms. The van der Waals surface area contributed by atoms with Gasteiger partial charge in [0.25, 0.3) is 0 Å². The number of carbonyl (C=O) groups is 1. The number of likely N-dealkylation sites (tertiary alicyclic amines) is 1. The molecule has 2 atom stereocenters. The zero-order chi connectivity index (χ0) is 15.8. The lowest BCUT2D eigenvalue weighted by molar-refractivity contribution is 0.0447. The minimum absolute atomic E-state index is 0.187. The van der Waals surface area contributed by atoms with Crippen molar-refractivity contribution in [2.75, 3.05) is 57.4 Å². The van der Waals surface area contributed by atoms with Gasteiger partial charge in [0.1, 0.15) is 12.1 Å². The Labute approximate surface area is 136 Å². The minimum Gasteiger partial charge on any atom is -0.378 e. The predicted molar refractivity (Wildman–Crippen MR) is 85.3 cm³/mol. The highest BCUT2D eigenvalue weighted by Gasteiger charge is 2.43. The highest BCUT2D eigenvalue weighted by Crippen LogP contribution is 2.34. The summed E-state index contributed by atoms with van der Waals surface area (Å²) in [5.41, 5.74) is 1.12. The summed E-state index contributed by atoms with van der Waals surface area (Å²) in [6.07, 6.45) is 3.48. The largest absolute Gasteiger partial charge is 0.378 e. The maximum Gasteiger partial charge on any atom is 0.320 e. The molecule has 0 aliphatic carbocycles. The fourth-order valence-corrected chi connectivity index (χ4v) is 4.00. The van der Waals surface area contributed by atoms with Crippen LogP contribution < -0.4 is 4.90 Å². The average molecular weight is 317 g/mol. The van der Waals surface area contributed by atoms with Crippen molar-refractivity contribution in [3.63, 3.8) is 0 Å². The van der Waals surface area contributed by atoms with Crippen LogP contribution in [0.5, 0.6) is 0 Å². The number of rotatable bonds is 1. The summed E-state index contributed by atoms with van der Waals surface area (Å²) in [4.78, 5) is 27.4. The van der Waals surface area contributed by atoms with E-state index in [1.54, 1.807) is 6.33 Å². The van der Waals surface area contributed by atoms with Crippen molar-refractivity contribution < 1.29 is 9.53 Å². The van der Waals surface area contributed by atoms with Gasteiger partial charge in [-0.1, -0.05) is 0 Å². The second kappa shape index (κ2) is 5.96. The molecule has 0 N–H and O–H groups in total. The zero-order valence-corrected chi connectivity index (χ0v) is 13.5. The Morgan fingerprint density at radius 1 is 1.13 bits per heavy atom. The van der Waals surface area contributed by atoms with Gasteiger partial charge < -0.3 is 19.4 Å². The molecule has 0 aromatic carbocycles. The molecule has 1 aromatic heterocycles. The van der Waals surface area contributed by atoms with Gasteiger partial charge in [0.2, 0.25) is 0 Å². The Morgan fingerprint density at radius 2 is 1.83 bits per heavy atom. The van der Waals surface area contributed by atoms with Crippen LogP contribution in [0.4, 0.5) is 10.6 Å². The van der Waals surface area contributed by atoms with E-state index in [4.69, 9.17) is 4.74 Å². The first-order chi connectivity index (χ1) is 11.2. The van der Waals surface area contributed by atoms with Crippen LogP contribution in [0.25, 0.3) is 0 Å². The maximum atomic E-state index is 12.6. The summed E-state index contributed by atoms with van der Waals surface area (Å²) in [5.74, 6) is 2.14. The monoisotopic (exact) mass is 317 g/mol. The number of urea groups is 1. The lowest BCUT2D eigenvalue weighted by atomic mass is 10.0. The first-order valence-electron chi connectivity index (χ1n) is 8.35. The van der Waals surface area contributed by atoms with Crippen LogP contribution in [0.3, 0.4) is 0 Å². The molecule has 3 fully saturated rings. The van der Waals surface area contributed by atoms with Gasteiger partial charge in [0, 0.05) is 62.9 Å². The van der Waals surface area contributed by atoms with Crippen LogP contribution >= 0.6 is 0 Å². The van der Waals surface area contributed by atoms with Gasteiger partial charge in [0.05, 0.1) is 13.2 Å².